The van der Waals surface area contributed by atoms with Crippen LogP contribution in [0.3, 0.4) is 0 Å². The molecule has 0 aromatic heterocycles. The summed E-state index contributed by atoms with van der Waals surface area (Å²) < 4.78 is 5.20. The summed E-state index contributed by atoms with van der Waals surface area (Å²) in [6.45, 7) is 0.830. The van der Waals surface area contributed by atoms with Crippen LogP contribution >= 0.6 is 0 Å². The summed E-state index contributed by atoms with van der Waals surface area (Å²) in [6, 6.07) is 13.6. The van der Waals surface area contributed by atoms with Crippen molar-refractivity contribution in [2.75, 3.05) is 30.4 Å². The highest BCUT2D eigenvalue weighted by molar-refractivity contribution is 5.69. The predicted octanol–water partition coefficient (Wildman–Crippen LogP) is 2.51. The van der Waals surface area contributed by atoms with Gasteiger partial charge in [0.15, 0.2) is 0 Å². The summed E-state index contributed by atoms with van der Waals surface area (Å²) in [5.41, 5.74) is 14.9. The van der Waals surface area contributed by atoms with Gasteiger partial charge in [0.2, 0.25) is 0 Å². The van der Waals surface area contributed by atoms with Crippen LogP contribution in [0.1, 0.15) is 5.56 Å². The van der Waals surface area contributed by atoms with E-state index in [1.165, 1.54) is 5.56 Å². The monoisotopic (exact) mass is 257 g/mol. The Hall–Kier alpha value is -2.36. The minimum atomic E-state index is 0.603. The fraction of sp³-hybridized carbons (Fsp3) is 0.200. The molecule has 4 nitrogen and oxygen atoms in total. The number of nitrogens with one attached hydrogen (secondary N) is 1. The van der Waals surface area contributed by atoms with Crippen LogP contribution in [-0.2, 0) is 6.42 Å². The average Bonchev–Trinajstić information content (AvgIpc) is 2.43. The van der Waals surface area contributed by atoms with Gasteiger partial charge in [-0.15, -0.1) is 0 Å². The van der Waals surface area contributed by atoms with Gasteiger partial charge in [0, 0.05) is 12.2 Å². The lowest BCUT2D eigenvalue weighted by molar-refractivity contribution is 0.414. The number of benzene rings is 2. The van der Waals surface area contributed by atoms with Gasteiger partial charge in [-0.2, -0.15) is 0 Å². The van der Waals surface area contributed by atoms with Gasteiger partial charge in [-0.05, 0) is 42.3 Å². The molecule has 0 unspecified atom stereocenters. The topological polar surface area (TPSA) is 73.3 Å². The lowest BCUT2D eigenvalue weighted by atomic mass is 10.1. The van der Waals surface area contributed by atoms with Crippen LogP contribution in [-0.4, -0.2) is 13.7 Å². The summed E-state index contributed by atoms with van der Waals surface area (Å²) in [7, 11) is 1.68. The van der Waals surface area contributed by atoms with Crippen LogP contribution in [0.5, 0.6) is 5.75 Å². The molecule has 0 spiro atoms. The first-order chi connectivity index (χ1) is 9.19. The Bertz CT molecular complexity index is 555. The molecule has 0 saturated heterocycles. The fourth-order valence-electron chi connectivity index (χ4n) is 1.86. The van der Waals surface area contributed by atoms with Crippen molar-refractivity contribution >= 4 is 17.1 Å². The van der Waals surface area contributed by atoms with Gasteiger partial charge in [-0.1, -0.05) is 12.1 Å². The van der Waals surface area contributed by atoms with E-state index in [4.69, 9.17) is 16.2 Å². The van der Waals surface area contributed by atoms with E-state index in [9.17, 15) is 0 Å². The van der Waals surface area contributed by atoms with Crippen molar-refractivity contribution in [1.29, 1.82) is 0 Å². The summed E-state index contributed by atoms with van der Waals surface area (Å²) in [4.78, 5) is 0. The molecule has 0 amide bonds. The Morgan fingerprint density at radius 2 is 1.89 bits per heavy atom. The zero-order valence-corrected chi connectivity index (χ0v) is 11.0. The molecule has 0 aliphatic rings. The first kappa shape index (κ1) is 13.1. The van der Waals surface area contributed by atoms with Crippen molar-refractivity contribution in [2.24, 2.45) is 0 Å². The molecule has 0 radical (unpaired) electrons. The van der Waals surface area contributed by atoms with E-state index in [1.807, 2.05) is 36.4 Å². The second-order valence-electron chi connectivity index (χ2n) is 4.37. The Kier molecular flexibility index (Phi) is 4.13. The van der Waals surface area contributed by atoms with E-state index in [1.54, 1.807) is 7.11 Å². The van der Waals surface area contributed by atoms with Gasteiger partial charge in [0.25, 0.3) is 0 Å². The Labute approximate surface area is 113 Å². The van der Waals surface area contributed by atoms with E-state index < -0.39 is 0 Å². The van der Waals surface area contributed by atoms with Crippen molar-refractivity contribution in [3.8, 4) is 5.75 Å². The minimum Gasteiger partial charge on any atom is -0.497 e. The molecule has 100 valence electrons. The van der Waals surface area contributed by atoms with E-state index in [0.29, 0.717) is 11.4 Å². The molecule has 0 atom stereocenters. The minimum absolute atomic E-state index is 0.603. The van der Waals surface area contributed by atoms with Crippen molar-refractivity contribution in [1.82, 2.24) is 0 Å². The number of methoxy groups -OCH3 is 1. The Morgan fingerprint density at radius 1 is 1.05 bits per heavy atom. The maximum absolute atomic E-state index is 5.76. The second-order valence-corrected chi connectivity index (χ2v) is 4.37. The largest absolute Gasteiger partial charge is 0.497 e. The molecule has 0 fully saturated rings. The average molecular weight is 257 g/mol. The smallest absolute Gasteiger partial charge is 0.119 e. The molecular formula is C15H19N3O. The molecule has 2 aromatic rings. The molecule has 4 heteroatoms. The van der Waals surface area contributed by atoms with Crippen molar-refractivity contribution in [3.05, 3.63) is 48.0 Å². The van der Waals surface area contributed by atoms with Gasteiger partial charge in [-0.25, -0.2) is 0 Å². The van der Waals surface area contributed by atoms with E-state index >= 15 is 0 Å². The summed E-state index contributed by atoms with van der Waals surface area (Å²) >= 11 is 0. The Morgan fingerprint density at radius 3 is 2.63 bits per heavy atom. The van der Waals surface area contributed by atoms with Gasteiger partial charge >= 0.3 is 0 Å². The Balaban J connectivity index is 1.90. The number of nitrogens with two attached hydrogens (primary N) is 2. The number of rotatable bonds is 5. The first-order valence-corrected chi connectivity index (χ1v) is 6.21. The summed E-state index contributed by atoms with van der Waals surface area (Å²) in [5.74, 6) is 0.884. The molecule has 0 bridgehead atoms. The molecule has 0 heterocycles. The molecule has 0 aliphatic carbocycles. The number of hydrogen-bond donors (Lipinski definition) is 3. The molecule has 0 saturated carbocycles. The number of nitrogen functional groups attached to an aromatic ring is 2. The normalized spacial score (nSPS) is 10.2. The number of anilines is 3. The third-order valence-corrected chi connectivity index (χ3v) is 2.96. The highest BCUT2D eigenvalue weighted by atomic mass is 16.5. The van der Waals surface area contributed by atoms with Crippen molar-refractivity contribution < 1.29 is 4.74 Å². The molecule has 0 aliphatic heterocycles. The molecule has 19 heavy (non-hydrogen) atoms. The van der Waals surface area contributed by atoms with Crippen LogP contribution < -0.4 is 21.5 Å². The van der Waals surface area contributed by atoms with Crippen LogP contribution in [0.15, 0.2) is 42.5 Å². The van der Waals surface area contributed by atoms with Crippen LogP contribution in [0, 0.1) is 0 Å². The maximum atomic E-state index is 5.76. The third kappa shape index (κ3) is 3.55. The van der Waals surface area contributed by atoms with Gasteiger partial charge in [0.1, 0.15) is 5.75 Å². The molecule has 2 rings (SSSR count). The number of ether oxygens (including phenoxy) is 1. The van der Waals surface area contributed by atoms with E-state index in [2.05, 4.69) is 11.4 Å². The lowest BCUT2D eigenvalue weighted by Gasteiger charge is -2.09. The zero-order valence-electron chi connectivity index (χ0n) is 11.0. The van der Waals surface area contributed by atoms with Gasteiger partial charge in [0.05, 0.1) is 18.5 Å². The highest BCUT2D eigenvalue weighted by Gasteiger charge is 1.98. The van der Waals surface area contributed by atoms with Crippen molar-refractivity contribution in [3.63, 3.8) is 0 Å². The molecule has 5 N–H and O–H groups in total. The molecule has 2 aromatic carbocycles. The fourth-order valence-corrected chi connectivity index (χ4v) is 1.86. The lowest BCUT2D eigenvalue weighted by Crippen LogP contribution is -2.05. The zero-order chi connectivity index (χ0) is 13.7. The maximum Gasteiger partial charge on any atom is 0.119 e. The first-order valence-electron chi connectivity index (χ1n) is 6.21. The van der Waals surface area contributed by atoms with Crippen LogP contribution in [0.4, 0.5) is 17.1 Å². The highest BCUT2D eigenvalue weighted by Crippen LogP contribution is 2.19. The third-order valence-electron chi connectivity index (χ3n) is 2.96. The van der Waals surface area contributed by atoms with Crippen LogP contribution in [0.2, 0.25) is 0 Å². The summed E-state index contributed by atoms with van der Waals surface area (Å²) in [6.07, 6.45) is 0.918. The number of hydrogen-bond acceptors (Lipinski definition) is 4. The van der Waals surface area contributed by atoms with Crippen LogP contribution in [0.25, 0.3) is 0 Å². The second kappa shape index (κ2) is 6.00. The molecular weight excluding hydrogens is 238 g/mol. The SMILES string of the molecule is COc1cccc(CCNc2ccc(N)c(N)c2)c1. The summed E-state index contributed by atoms with van der Waals surface area (Å²) in [5, 5.41) is 3.32. The van der Waals surface area contributed by atoms with Gasteiger partial charge in [-0.3, -0.25) is 0 Å². The van der Waals surface area contributed by atoms with E-state index in [0.717, 1.165) is 24.4 Å². The predicted molar refractivity (Wildman–Crippen MR) is 80.5 cm³/mol. The van der Waals surface area contributed by atoms with Crippen molar-refractivity contribution in [2.45, 2.75) is 6.42 Å². The van der Waals surface area contributed by atoms with Gasteiger partial charge < -0.3 is 21.5 Å². The standard InChI is InChI=1S/C15H19N3O/c1-19-13-4-2-3-11(9-13)7-8-18-12-5-6-14(16)15(17)10-12/h2-6,9-10,18H,7-8,16-17H2,1H3. The quantitative estimate of drug-likeness (QED) is 0.720. The van der Waals surface area contributed by atoms with E-state index in [-0.39, 0.29) is 0 Å².